The Hall–Kier alpha value is -3.15. The van der Waals surface area contributed by atoms with E-state index >= 15 is 0 Å². The van der Waals surface area contributed by atoms with Crippen molar-refractivity contribution in [2.75, 3.05) is 0 Å². The van der Waals surface area contributed by atoms with E-state index in [1.165, 1.54) is 0 Å². The van der Waals surface area contributed by atoms with Crippen LogP contribution in [0.2, 0.25) is 0 Å². The van der Waals surface area contributed by atoms with Crippen LogP contribution in [-0.4, -0.2) is 27.6 Å². The molecule has 1 heterocycles. The van der Waals surface area contributed by atoms with Crippen LogP contribution < -0.4 is 10.7 Å². The number of nitrogens with one attached hydrogen (secondary N) is 1. The van der Waals surface area contributed by atoms with E-state index in [1.54, 1.807) is 60.0 Å². The number of hydrogen-bond donors (Lipinski definition) is 2. The second kappa shape index (κ2) is 6.76. The topological polar surface area (TPSA) is 88.4 Å². The van der Waals surface area contributed by atoms with E-state index in [0.29, 0.717) is 28.2 Å². The zero-order valence-corrected chi connectivity index (χ0v) is 13.7. The highest BCUT2D eigenvalue weighted by Gasteiger charge is 2.19. The second-order valence-corrected chi connectivity index (χ2v) is 5.82. The van der Waals surface area contributed by atoms with Crippen molar-refractivity contribution in [2.45, 2.75) is 25.9 Å². The molecule has 0 fully saturated rings. The first-order chi connectivity index (χ1) is 12.0. The normalized spacial score (nSPS) is 12.2. The van der Waals surface area contributed by atoms with Crippen LogP contribution in [-0.2, 0) is 16.1 Å². The van der Waals surface area contributed by atoms with Crippen LogP contribution in [0.25, 0.3) is 21.8 Å². The Morgan fingerprint density at radius 3 is 2.04 bits per heavy atom. The van der Waals surface area contributed by atoms with Crippen molar-refractivity contribution < 1.29 is 14.7 Å². The monoisotopic (exact) mass is 338 g/mol. The van der Waals surface area contributed by atoms with Gasteiger partial charge < -0.3 is 15.0 Å². The van der Waals surface area contributed by atoms with Crippen molar-refractivity contribution in [1.82, 2.24) is 9.88 Å². The lowest BCUT2D eigenvalue weighted by atomic mass is 10.1. The van der Waals surface area contributed by atoms with Crippen LogP contribution in [0, 0.1) is 0 Å². The van der Waals surface area contributed by atoms with Crippen LogP contribution in [0.1, 0.15) is 13.3 Å². The van der Waals surface area contributed by atoms with E-state index < -0.39 is 17.9 Å². The molecule has 0 aliphatic rings. The largest absolute Gasteiger partial charge is 0.480 e. The SMILES string of the molecule is CCC(NC(=O)Cn1c2ccccc2c(=O)c2ccccc21)C(=O)O. The molecule has 6 heteroatoms. The Labute approximate surface area is 143 Å². The van der Waals surface area contributed by atoms with Gasteiger partial charge in [-0.05, 0) is 30.7 Å². The summed E-state index contributed by atoms with van der Waals surface area (Å²) in [6, 6.07) is 13.3. The van der Waals surface area contributed by atoms with Gasteiger partial charge in [-0.1, -0.05) is 31.2 Å². The summed E-state index contributed by atoms with van der Waals surface area (Å²) in [5.41, 5.74) is 1.20. The number of carbonyl (C=O) groups is 2. The number of carbonyl (C=O) groups excluding carboxylic acids is 1. The Morgan fingerprint density at radius 1 is 1.04 bits per heavy atom. The maximum Gasteiger partial charge on any atom is 0.326 e. The van der Waals surface area contributed by atoms with Gasteiger partial charge in [-0.3, -0.25) is 9.59 Å². The van der Waals surface area contributed by atoms with Crippen molar-refractivity contribution in [3.05, 3.63) is 58.8 Å². The Kier molecular flexibility index (Phi) is 4.52. The number of amides is 1. The summed E-state index contributed by atoms with van der Waals surface area (Å²) in [7, 11) is 0. The maximum absolute atomic E-state index is 12.6. The van der Waals surface area contributed by atoms with Gasteiger partial charge in [-0.2, -0.15) is 0 Å². The summed E-state index contributed by atoms with van der Waals surface area (Å²) in [5, 5.41) is 12.7. The third-order valence-electron chi connectivity index (χ3n) is 4.22. The molecule has 6 nitrogen and oxygen atoms in total. The molecule has 1 atom stereocenters. The minimum Gasteiger partial charge on any atom is -0.480 e. The van der Waals surface area contributed by atoms with E-state index in [9.17, 15) is 14.4 Å². The Morgan fingerprint density at radius 2 is 1.56 bits per heavy atom. The molecule has 1 unspecified atom stereocenters. The number of benzene rings is 2. The quantitative estimate of drug-likeness (QED) is 0.698. The molecule has 25 heavy (non-hydrogen) atoms. The van der Waals surface area contributed by atoms with Crippen molar-refractivity contribution in [3.63, 3.8) is 0 Å². The molecule has 0 aliphatic carbocycles. The summed E-state index contributed by atoms with van der Waals surface area (Å²) in [6.45, 7) is 1.63. The van der Waals surface area contributed by atoms with Gasteiger partial charge in [0.1, 0.15) is 12.6 Å². The minimum absolute atomic E-state index is 0.0644. The maximum atomic E-state index is 12.6. The highest BCUT2D eigenvalue weighted by Crippen LogP contribution is 2.19. The molecule has 3 rings (SSSR count). The number of aromatic nitrogens is 1. The van der Waals surface area contributed by atoms with Crippen molar-refractivity contribution in [3.8, 4) is 0 Å². The fourth-order valence-electron chi connectivity index (χ4n) is 2.97. The molecular weight excluding hydrogens is 320 g/mol. The molecule has 1 amide bonds. The molecular formula is C19H18N2O4. The summed E-state index contributed by atoms with van der Waals surface area (Å²) >= 11 is 0. The van der Waals surface area contributed by atoms with Gasteiger partial charge in [0.2, 0.25) is 5.91 Å². The Balaban J connectivity index is 2.11. The predicted molar refractivity (Wildman–Crippen MR) is 95.6 cm³/mol. The fourth-order valence-corrected chi connectivity index (χ4v) is 2.97. The second-order valence-electron chi connectivity index (χ2n) is 5.82. The number of rotatable bonds is 5. The highest BCUT2D eigenvalue weighted by atomic mass is 16.4. The average Bonchev–Trinajstić information content (AvgIpc) is 2.63. The highest BCUT2D eigenvalue weighted by molar-refractivity contribution is 5.95. The molecule has 0 saturated carbocycles. The number of aliphatic carboxylic acids is 1. The number of carboxylic acid groups (broad SMARTS) is 1. The van der Waals surface area contributed by atoms with E-state index in [-0.39, 0.29) is 12.0 Å². The third-order valence-corrected chi connectivity index (χ3v) is 4.22. The van der Waals surface area contributed by atoms with Gasteiger partial charge in [0.15, 0.2) is 5.43 Å². The molecule has 0 spiro atoms. The molecule has 1 aromatic heterocycles. The summed E-state index contributed by atoms with van der Waals surface area (Å²) < 4.78 is 1.75. The predicted octanol–water partition coefficient (Wildman–Crippen LogP) is 2.13. The van der Waals surface area contributed by atoms with Crippen LogP contribution in [0.4, 0.5) is 0 Å². The standard InChI is InChI=1S/C19H18N2O4/c1-2-14(19(24)25)20-17(22)11-21-15-9-5-3-7-12(15)18(23)13-8-4-6-10-16(13)21/h3-10,14H,2,11H2,1H3,(H,20,22)(H,24,25). The van der Waals surface area contributed by atoms with Crippen molar-refractivity contribution in [2.24, 2.45) is 0 Å². The van der Waals surface area contributed by atoms with Crippen LogP contribution in [0.15, 0.2) is 53.3 Å². The van der Waals surface area contributed by atoms with E-state index in [0.717, 1.165) is 0 Å². The third kappa shape index (κ3) is 3.10. The Bertz CT molecular complexity index is 963. The lowest BCUT2D eigenvalue weighted by Gasteiger charge is -2.17. The molecule has 0 saturated heterocycles. The number of carboxylic acids is 1. The first-order valence-electron chi connectivity index (χ1n) is 8.05. The summed E-state index contributed by atoms with van der Waals surface area (Å²) in [6.07, 6.45) is 0.298. The van der Waals surface area contributed by atoms with E-state index in [1.807, 2.05) is 0 Å². The van der Waals surface area contributed by atoms with Gasteiger partial charge >= 0.3 is 5.97 Å². The smallest absolute Gasteiger partial charge is 0.326 e. The van der Waals surface area contributed by atoms with Gasteiger partial charge in [-0.25, -0.2) is 4.79 Å². The number of fused-ring (bicyclic) bond motifs is 2. The van der Waals surface area contributed by atoms with Gasteiger partial charge in [0.25, 0.3) is 0 Å². The van der Waals surface area contributed by atoms with E-state index in [4.69, 9.17) is 5.11 Å². The first-order valence-corrected chi connectivity index (χ1v) is 8.05. The van der Waals surface area contributed by atoms with Gasteiger partial charge in [0, 0.05) is 10.8 Å². The van der Waals surface area contributed by atoms with Crippen LogP contribution in [0.5, 0.6) is 0 Å². The van der Waals surface area contributed by atoms with Crippen LogP contribution in [0.3, 0.4) is 0 Å². The van der Waals surface area contributed by atoms with Crippen LogP contribution >= 0.6 is 0 Å². The van der Waals surface area contributed by atoms with Gasteiger partial charge in [-0.15, -0.1) is 0 Å². The molecule has 0 bridgehead atoms. The number of para-hydroxylation sites is 2. The lowest BCUT2D eigenvalue weighted by molar-refractivity contribution is -0.141. The molecule has 2 N–H and O–H groups in total. The number of pyridine rings is 1. The zero-order chi connectivity index (χ0) is 18.0. The molecule has 0 radical (unpaired) electrons. The van der Waals surface area contributed by atoms with Crippen molar-refractivity contribution in [1.29, 1.82) is 0 Å². The summed E-state index contributed by atoms with van der Waals surface area (Å²) in [4.78, 5) is 36.2. The van der Waals surface area contributed by atoms with E-state index in [2.05, 4.69) is 5.32 Å². The first kappa shape index (κ1) is 16.7. The number of nitrogens with zero attached hydrogens (tertiary/aromatic N) is 1. The van der Waals surface area contributed by atoms with Gasteiger partial charge in [0.05, 0.1) is 11.0 Å². The molecule has 0 aliphatic heterocycles. The molecule has 2 aromatic carbocycles. The molecule has 128 valence electrons. The summed E-state index contributed by atoms with van der Waals surface area (Å²) in [5.74, 6) is -1.47. The fraction of sp³-hybridized carbons (Fsp3) is 0.211. The average molecular weight is 338 g/mol. The number of hydrogen-bond acceptors (Lipinski definition) is 3. The lowest BCUT2D eigenvalue weighted by Crippen LogP contribution is -2.41. The minimum atomic E-state index is -1.06. The zero-order valence-electron chi connectivity index (χ0n) is 13.7. The van der Waals surface area contributed by atoms with Crippen molar-refractivity contribution >= 4 is 33.7 Å². The molecule has 3 aromatic rings.